The molecule has 1 heterocycles. The third-order valence-corrected chi connectivity index (χ3v) is 6.21. The number of nitrogens with one attached hydrogen (secondary N) is 1. The smallest absolute Gasteiger partial charge is 0.246 e. The molecule has 1 N–H and O–H groups in total. The van der Waals surface area contributed by atoms with Gasteiger partial charge in [0.25, 0.3) is 0 Å². The van der Waals surface area contributed by atoms with E-state index in [0.717, 1.165) is 19.4 Å². The molecule has 106 valence electrons. The van der Waals surface area contributed by atoms with Crippen molar-refractivity contribution in [3.8, 4) is 0 Å². The Hall–Kier alpha value is -0.330. The molecule has 1 aromatic carbocycles. The van der Waals surface area contributed by atoms with Gasteiger partial charge in [-0.15, -0.1) is 0 Å². The van der Waals surface area contributed by atoms with E-state index in [1.165, 1.54) is 16.4 Å². The van der Waals surface area contributed by atoms with Gasteiger partial charge in [0, 0.05) is 19.6 Å². The zero-order chi connectivity index (χ0) is 14.0. The first-order valence-electron chi connectivity index (χ1n) is 6.07. The van der Waals surface area contributed by atoms with Crippen LogP contribution in [0.3, 0.4) is 0 Å². The van der Waals surface area contributed by atoms with Crippen LogP contribution in [0.25, 0.3) is 0 Å². The second kappa shape index (κ2) is 5.97. The molecule has 0 bridgehead atoms. The van der Waals surface area contributed by atoms with E-state index < -0.39 is 10.0 Å². The lowest BCUT2D eigenvalue weighted by Crippen LogP contribution is -2.46. The Kier molecular flexibility index (Phi) is 4.74. The van der Waals surface area contributed by atoms with E-state index in [-0.39, 0.29) is 21.0 Å². The van der Waals surface area contributed by atoms with Gasteiger partial charge in [-0.25, -0.2) is 8.42 Å². The number of hydrogen-bond acceptors (Lipinski definition) is 3. The molecule has 0 saturated carbocycles. The van der Waals surface area contributed by atoms with Crippen LogP contribution in [0.15, 0.2) is 23.1 Å². The molecular formula is C12H16Cl2N2O2S. The van der Waals surface area contributed by atoms with Crippen LogP contribution in [0.4, 0.5) is 0 Å². The Morgan fingerprint density at radius 2 is 1.95 bits per heavy atom. The summed E-state index contributed by atoms with van der Waals surface area (Å²) < 4.78 is 26.6. The summed E-state index contributed by atoms with van der Waals surface area (Å²) in [7, 11) is -2.09. The van der Waals surface area contributed by atoms with Crippen molar-refractivity contribution in [3.05, 3.63) is 28.2 Å². The Morgan fingerprint density at radius 3 is 2.47 bits per heavy atom. The van der Waals surface area contributed by atoms with E-state index in [1.807, 2.05) is 0 Å². The highest BCUT2D eigenvalue weighted by atomic mass is 35.5. The number of nitrogens with zero attached hydrogens (tertiary/aromatic N) is 1. The van der Waals surface area contributed by atoms with E-state index >= 15 is 0 Å². The van der Waals surface area contributed by atoms with Gasteiger partial charge in [0.15, 0.2) is 0 Å². The van der Waals surface area contributed by atoms with Gasteiger partial charge in [-0.3, -0.25) is 0 Å². The summed E-state index contributed by atoms with van der Waals surface area (Å²) in [6.45, 7) is 1.58. The number of halogens is 2. The molecule has 7 heteroatoms. The maximum atomic E-state index is 12.6. The van der Waals surface area contributed by atoms with Gasteiger partial charge in [0.1, 0.15) is 4.90 Å². The maximum absolute atomic E-state index is 12.6. The molecule has 4 nitrogen and oxygen atoms in total. The Balaban J connectivity index is 2.36. The summed E-state index contributed by atoms with van der Waals surface area (Å²) in [5, 5.41) is 3.51. The minimum absolute atomic E-state index is 0.00796. The molecule has 0 amide bonds. The largest absolute Gasteiger partial charge is 0.315 e. The average Bonchev–Trinajstić information content (AvgIpc) is 2.38. The molecule has 1 aromatic rings. The monoisotopic (exact) mass is 322 g/mol. The van der Waals surface area contributed by atoms with Gasteiger partial charge in [-0.1, -0.05) is 29.3 Å². The van der Waals surface area contributed by atoms with E-state index in [1.54, 1.807) is 13.1 Å². The molecule has 1 unspecified atom stereocenters. The van der Waals surface area contributed by atoms with E-state index in [9.17, 15) is 8.42 Å². The molecule has 19 heavy (non-hydrogen) atoms. The normalized spacial score (nSPS) is 20.7. The summed E-state index contributed by atoms with van der Waals surface area (Å²) in [6.07, 6.45) is 1.80. The van der Waals surface area contributed by atoms with E-state index in [0.29, 0.717) is 6.54 Å². The molecule has 0 spiro atoms. The van der Waals surface area contributed by atoms with Crippen molar-refractivity contribution in [1.82, 2.24) is 9.62 Å². The number of benzene rings is 1. The van der Waals surface area contributed by atoms with Crippen LogP contribution in [-0.4, -0.2) is 38.9 Å². The molecule has 0 radical (unpaired) electrons. The summed E-state index contributed by atoms with van der Waals surface area (Å²) in [4.78, 5) is -0.00796. The Bertz CT molecular complexity index is 537. The molecule has 2 rings (SSSR count). The van der Waals surface area contributed by atoms with Gasteiger partial charge in [0.2, 0.25) is 10.0 Å². The summed E-state index contributed by atoms with van der Waals surface area (Å²) >= 11 is 12.0. The van der Waals surface area contributed by atoms with Crippen LogP contribution in [-0.2, 0) is 10.0 Å². The fourth-order valence-corrected chi connectivity index (χ4v) is 4.68. The fourth-order valence-electron chi connectivity index (χ4n) is 2.21. The van der Waals surface area contributed by atoms with Crippen LogP contribution in [0.5, 0.6) is 0 Å². The third-order valence-electron chi connectivity index (χ3n) is 3.34. The lowest BCUT2D eigenvalue weighted by molar-refractivity contribution is 0.300. The number of sulfonamides is 1. The second-order valence-electron chi connectivity index (χ2n) is 4.57. The van der Waals surface area contributed by atoms with Crippen molar-refractivity contribution in [1.29, 1.82) is 0 Å². The lowest BCUT2D eigenvalue weighted by atomic mass is 10.1. The molecule has 0 aromatic heterocycles. The highest BCUT2D eigenvalue weighted by Gasteiger charge is 2.32. The van der Waals surface area contributed by atoms with Crippen molar-refractivity contribution in [3.63, 3.8) is 0 Å². The standard InChI is InChI=1S/C12H16Cl2N2O2S/c1-16(9-4-3-7-15-8-9)19(17,18)12-10(13)5-2-6-11(12)14/h2,5-6,9,15H,3-4,7-8H2,1H3. The first-order valence-corrected chi connectivity index (χ1v) is 8.27. The molecule has 1 aliphatic rings. The number of piperidine rings is 1. The zero-order valence-corrected chi connectivity index (χ0v) is 12.9. The van der Waals surface area contributed by atoms with Crippen LogP contribution in [0, 0.1) is 0 Å². The lowest BCUT2D eigenvalue weighted by Gasteiger charge is -2.31. The van der Waals surface area contributed by atoms with Crippen molar-refractivity contribution >= 4 is 33.2 Å². The van der Waals surface area contributed by atoms with Crippen LogP contribution < -0.4 is 5.32 Å². The molecule has 1 saturated heterocycles. The average molecular weight is 323 g/mol. The minimum Gasteiger partial charge on any atom is -0.315 e. The first kappa shape index (κ1) is 15.1. The molecule has 1 fully saturated rings. The predicted molar refractivity (Wildman–Crippen MR) is 77.3 cm³/mol. The first-order chi connectivity index (χ1) is 8.94. The van der Waals surface area contributed by atoms with Gasteiger partial charge < -0.3 is 5.32 Å². The predicted octanol–water partition coefficient (Wildman–Crippen LogP) is 2.37. The van der Waals surface area contributed by atoms with E-state index in [4.69, 9.17) is 23.2 Å². The second-order valence-corrected chi connectivity index (χ2v) is 7.32. The summed E-state index contributed by atoms with van der Waals surface area (Å²) in [5.74, 6) is 0. The van der Waals surface area contributed by atoms with Crippen molar-refractivity contribution < 1.29 is 8.42 Å². The summed E-state index contributed by atoms with van der Waals surface area (Å²) in [6, 6.07) is 4.64. The van der Waals surface area contributed by atoms with Gasteiger partial charge in [-0.05, 0) is 31.5 Å². The number of hydrogen-bond donors (Lipinski definition) is 1. The molecule has 1 atom stereocenters. The zero-order valence-electron chi connectivity index (χ0n) is 10.6. The third kappa shape index (κ3) is 3.06. The molecule has 0 aliphatic carbocycles. The number of rotatable bonds is 3. The van der Waals surface area contributed by atoms with Gasteiger partial charge in [-0.2, -0.15) is 4.31 Å². The van der Waals surface area contributed by atoms with Gasteiger partial charge >= 0.3 is 0 Å². The Labute approximate surface area is 123 Å². The van der Waals surface area contributed by atoms with Crippen molar-refractivity contribution in [2.24, 2.45) is 0 Å². The SMILES string of the molecule is CN(C1CCCNC1)S(=O)(=O)c1c(Cl)cccc1Cl. The van der Waals surface area contributed by atoms with Crippen LogP contribution in [0.1, 0.15) is 12.8 Å². The summed E-state index contributed by atoms with van der Waals surface area (Å²) in [5.41, 5.74) is 0. The molecular weight excluding hydrogens is 307 g/mol. The maximum Gasteiger partial charge on any atom is 0.246 e. The van der Waals surface area contributed by atoms with Gasteiger partial charge in [0.05, 0.1) is 10.0 Å². The fraction of sp³-hybridized carbons (Fsp3) is 0.500. The van der Waals surface area contributed by atoms with Crippen molar-refractivity contribution in [2.75, 3.05) is 20.1 Å². The topological polar surface area (TPSA) is 49.4 Å². The minimum atomic E-state index is -3.67. The molecule has 1 aliphatic heterocycles. The highest BCUT2D eigenvalue weighted by molar-refractivity contribution is 7.89. The quantitative estimate of drug-likeness (QED) is 0.929. The highest BCUT2D eigenvalue weighted by Crippen LogP contribution is 2.32. The number of likely N-dealkylation sites (N-methyl/N-ethyl adjacent to an activating group) is 1. The van der Waals surface area contributed by atoms with Crippen LogP contribution in [0.2, 0.25) is 10.0 Å². The Morgan fingerprint density at radius 1 is 1.32 bits per heavy atom. The van der Waals surface area contributed by atoms with Crippen molar-refractivity contribution in [2.45, 2.75) is 23.8 Å². The van der Waals surface area contributed by atoms with E-state index in [2.05, 4.69) is 5.32 Å². The van der Waals surface area contributed by atoms with Crippen LogP contribution >= 0.6 is 23.2 Å².